The minimum absolute atomic E-state index is 0.304. The Morgan fingerprint density at radius 3 is 2.88 bits per heavy atom. The van der Waals surface area contributed by atoms with Gasteiger partial charge in [-0.05, 0) is 38.0 Å². The fraction of sp³-hybridized carbons (Fsp3) is 0.286. The second-order valence-electron chi connectivity index (χ2n) is 4.41. The Balaban J connectivity index is 2.19. The fourth-order valence-corrected chi connectivity index (χ4v) is 2.23. The Labute approximate surface area is 98.6 Å². The summed E-state index contributed by atoms with van der Waals surface area (Å²) >= 11 is 0. The number of aryl methyl sites for hydroxylation is 1. The second kappa shape index (κ2) is 3.93. The van der Waals surface area contributed by atoms with E-state index in [2.05, 4.69) is 0 Å². The lowest BCUT2D eigenvalue weighted by Gasteiger charge is -2.06. The molecule has 3 nitrogen and oxygen atoms in total. The van der Waals surface area contributed by atoms with E-state index in [1.807, 2.05) is 18.2 Å². The maximum atomic E-state index is 9.41. The molecule has 1 N–H and O–H groups in total. The van der Waals surface area contributed by atoms with Crippen LogP contribution in [0.3, 0.4) is 0 Å². The van der Waals surface area contributed by atoms with Gasteiger partial charge < -0.3 is 13.9 Å². The molecule has 0 radical (unpaired) electrons. The molecule has 2 aromatic heterocycles. The molecule has 0 bridgehead atoms. The highest BCUT2D eigenvalue weighted by molar-refractivity contribution is 5.97. The number of rotatable bonds is 3. The third-order valence-corrected chi connectivity index (χ3v) is 3.09. The van der Waals surface area contributed by atoms with Gasteiger partial charge in [0.1, 0.15) is 11.2 Å². The van der Waals surface area contributed by atoms with Crippen LogP contribution < -0.4 is 0 Å². The van der Waals surface area contributed by atoms with Crippen molar-refractivity contribution in [3.8, 4) is 0 Å². The average molecular weight is 230 g/mol. The quantitative estimate of drug-likeness (QED) is 0.749. The number of furan rings is 2. The van der Waals surface area contributed by atoms with Gasteiger partial charge >= 0.3 is 0 Å². The molecule has 1 unspecified atom stereocenters. The summed E-state index contributed by atoms with van der Waals surface area (Å²) in [6.45, 7) is 1.80. The van der Waals surface area contributed by atoms with Gasteiger partial charge in [-0.2, -0.15) is 0 Å². The summed E-state index contributed by atoms with van der Waals surface area (Å²) in [6.07, 6.45) is 4.59. The van der Waals surface area contributed by atoms with Gasteiger partial charge in [0.05, 0.1) is 18.6 Å². The molecule has 0 saturated carbocycles. The van der Waals surface area contributed by atoms with Crippen molar-refractivity contribution in [3.05, 3.63) is 36.3 Å². The van der Waals surface area contributed by atoms with Crippen LogP contribution in [0.4, 0.5) is 0 Å². The van der Waals surface area contributed by atoms with Crippen molar-refractivity contribution in [2.75, 3.05) is 0 Å². The van der Waals surface area contributed by atoms with Crippen LogP contribution in [0.1, 0.15) is 18.9 Å². The summed E-state index contributed by atoms with van der Waals surface area (Å²) in [5, 5.41) is 11.5. The largest absolute Gasteiger partial charge is 0.464 e. The fourth-order valence-electron chi connectivity index (χ4n) is 2.23. The third kappa shape index (κ3) is 1.72. The summed E-state index contributed by atoms with van der Waals surface area (Å²) in [6, 6.07) is 5.87. The van der Waals surface area contributed by atoms with Crippen molar-refractivity contribution in [2.45, 2.75) is 25.9 Å². The minimum atomic E-state index is -0.304. The standard InChI is InChI=1S/C14H14O3/c1-9(15)2-3-12-11-5-7-16-13(11)8-10-4-6-17-14(10)12/h4-9,15H,2-3H2,1H3. The van der Waals surface area contributed by atoms with Gasteiger partial charge in [0, 0.05) is 16.3 Å². The lowest BCUT2D eigenvalue weighted by atomic mass is 10.0. The molecule has 1 atom stereocenters. The lowest BCUT2D eigenvalue weighted by Crippen LogP contribution is -2.01. The summed E-state index contributed by atoms with van der Waals surface area (Å²) in [5.41, 5.74) is 2.90. The van der Waals surface area contributed by atoms with Crippen LogP contribution >= 0.6 is 0 Å². The molecule has 0 fully saturated rings. The molecule has 0 aliphatic rings. The third-order valence-electron chi connectivity index (χ3n) is 3.09. The summed E-state index contributed by atoms with van der Waals surface area (Å²) in [5.74, 6) is 0. The van der Waals surface area contributed by atoms with Gasteiger partial charge in [0.25, 0.3) is 0 Å². The molecular weight excluding hydrogens is 216 g/mol. The highest BCUT2D eigenvalue weighted by Gasteiger charge is 2.12. The SMILES string of the molecule is CC(O)CCc1c2ccoc2cc2ccoc12. The van der Waals surface area contributed by atoms with E-state index in [9.17, 15) is 5.11 Å². The summed E-state index contributed by atoms with van der Waals surface area (Å²) < 4.78 is 11.0. The second-order valence-corrected chi connectivity index (χ2v) is 4.41. The van der Waals surface area contributed by atoms with E-state index < -0.39 is 0 Å². The topological polar surface area (TPSA) is 46.5 Å². The molecule has 0 amide bonds. The molecule has 88 valence electrons. The first kappa shape index (κ1) is 10.4. The molecule has 17 heavy (non-hydrogen) atoms. The monoisotopic (exact) mass is 230 g/mol. The zero-order valence-electron chi connectivity index (χ0n) is 9.64. The Morgan fingerprint density at radius 2 is 2.06 bits per heavy atom. The molecule has 3 heteroatoms. The van der Waals surface area contributed by atoms with E-state index in [0.29, 0.717) is 0 Å². The van der Waals surface area contributed by atoms with Gasteiger partial charge in [-0.15, -0.1) is 0 Å². The normalized spacial score (nSPS) is 13.5. The van der Waals surface area contributed by atoms with Gasteiger partial charge in [-0.25, -0.2) is 0 Å². The number of aliphatic hydroxyl groups is 1. The van der Waals surface area contributed by atoms with E-state index >= 15 is 0 Å². The van der Waals surface area contributed by atoms with Crippen molar-refractivity contribution in [1.82, 2.24) is 0 Å². The zero-order chi connectivity index (χ0) is 11.8. The molecular formula is C14H14O3. The minimum Gasteiger partial charge on any atom is -0.464 e. The summed E-state index contributed by atoms with van der Waals surface area (Å²) in [4.78, 5) is 0. The summed E-state index contributed by atoms with van der Waals surface area (Å²) in [7, 11) is 0. The van der Waals surface area contributed by atoms with Crippen molar-refractivity contribution in [2.24, 2.45) is 0 Å². The van der Waals surface area contributed by atoms with Crippen molar-refractivity contribution < 1.29 is 13.9 Å². The maximum Gasteiger partial charge on any atom is 0.137 e. The van der Waals surface area contributed by atoms with Crippen LogP contribution in [-0.2, 0) is 6.42 Å². The average Bonchev–Trinajstić information content (AvgIpc) is 2.90. The molecule has 0 saturated heterocycles. The van der Waals surface area contributed by atoms with Crippen LogP contribution in [0.2, 0.25) is 0 Å². The maximum absolute atomic E-state index is 9.41. The number of hydrogen-bond donors (Lipinski definition) is 1. The molecule has 3 aromatic rings. The highest BCUT2D eigenvalue weighted by atomic mass is 16.3. The Bertz CT molecular complexity index is 597. The molecule has 0 aliphatic heterocycles. The number of aliphatic hydroxyl groups excluding tert-OH is 1. The van der Waals surface area contributed by atoms with Gasteiger partial charge in [0.2, 0.25) is 0 Å². The highest BCUT2D eigenvalue weighted by Crippen LogP contribution is 2.31. The van der Waals surface area contributed by atoms with Crippen molar-refractivity contribution >= 4 is 21.9 Å². The molecule has 0 aliphatic carbocycles. The van der Waals surface area contributed by atoms with E-state index in [4.69, 9.17) is 8.83 Å². The Hall–Kier alpha value is -1.74. The lowest BCUT2D eigenvalue weighted by molar-refractivity contribution is 0.185. The smallest absolute Gasteiger partial charge is 0.137 e. The zero-order valence-corrected chi connectivity index (χ0v) is 9.64. The first-order valence-electron chi connectivity index (χ1n) is 5.80. The number of benzene rings is 1. The number of fused-ring (bicyclic) bond motifs is 2. The van der Waals surface area contributed by atoms with Crippen molar-refractivity contribution in [3.63, 3.8) is 0 Å². The van der Waals surface area contributed by atoms with Gasteiger partial charge in [0.15, 0.2) is 0 Å². The first-order valence-corrected chi connectivity index (χ1v) is 5.80. The number of hydrogen-bond acceptors (Lipinski definition) is 3. The van der Waals surface area contributed by atoms with E-state index in [0.717, 1.165) is 40.3 Å². The van der Waals surface area contributed by atoms with Gasteiger partial charge in [-0.3, -0.25) is 0 Å². The van der Waals surface area contributed by atoms with Crippen LogP contribution in [-0.4, -0.2) is 11.2 Å². The molecule has 0 spiro atoms. The van der Waals surface area contributed by atoms with E-state index in [-0.39, 0.29) is 6.10 Å². The van der Waals surface area contributed by atoms with Crippen LogP contribution in [0.25, 0.3) is 21.9 Å². The molecule has 3 rings (SSSR count). The van der Waals surface area contributed by atoms with E-state index in [1.165, 1.54) is 0 Å². The Morgan fingerprint density at radius 1 is 1.24 bits per heavy atom. The van der Waals surface area contributed by atoms with Gasteiger partial charge in [-0.1, -0.05) is 0 Å². The van der Waals surface area contributed by atoms with Crippen LogP contribution in [0.5, 0.6) is 0 Å². The van der Waals surface area contributed by atoms with E-state index in [1.54, 1.807) is 19.5 Å². The van der Waals surface area contributed by atoms with Crippen LogP contribution in [0.15, 0.2) is 39.6 Å². The van der Waals surface area contributed by atoms with Crippen molar-refractivity contribution in [1.29, 1.82) is 0 Å². The first-order chi connectivity index (χ1) is 8.25. The molecule has 2 heterocycles. The molecule has 1 aromatic carbocycles. The Kier molecular flexibility index (Phi) is 2.41. The van der Waals surface area contributed by atoms with Crippen LogP contribution in [0, 0.1) is 0 Å². The predicted octanol–water partition coefficient (Wildman–Crippen LogP) is 3.49. The predicted molar refractivity (Wildman–Crippen MR) is 66.0 cm³/mol.